The van der Waals surface area contributed by atoms with E-state index >= 15 is 0 Å². The van der Waals surface area contributed by atoms with Gasteiger partial charge in [0.2, 0.25) is 29.5 Å². The second-order valence-corrected chi connectivity index (χ2v) is 9.10. The van der Waals surface area contributed by atoms with Crippen molar-refractivity contribution in [3.63, 3.8) is 0 Å². The molecule has 0 spiro atoms. The standard InChI is InChI=1S/C21H34N6O11S2/c1-9(17(33)25-12(3-5-16(31)32)20(36)27-13(8-40)21(37)38)24-14(28)6-23-19(35)11(2-4-15(29)30)26-18(34)10(22)7-39/h9-13,39-40H,2-8,22H2,1H3,(H,23,35)(H,24,28)(H,25,33)(H,26,34)(H,27,36)(H,29,30)(H,31,32)(H,37,38). The number of hydrogen-bond donors (Lipinski definition) is 11. The van der Waals surface area contributed by atoms with Gasteiger partial charge in [0.25, 0.3) is 0 Å². The predicted molar refractivity (Wildman–Crippen MR) is 143 cm³/mol. The van der Waals surface area contributed by atoms with E-state index < -0.39 is 97.0 Å². The van der Waals surface area contributed by atoms with E-state index in [0.717, 1.165) is 0 Å². The third-order valence-electron chi connectivity index (χ3n) is 5.08. The van der Waals surface area contributed by atoms with E-state index in [2.05, 4.69) is 51.8 Å². The topological polar surface area (TPSA) is 283 Å². The van der Waals surface area contributed by atoms with Crippen molar-refractivity contribution in [2.75, 3.05) is 18.1 Å². The fourth-order valence-electron chi connectivity index (χ4n) is 2.84. The van der Waals surface area contributed by atoms with Gasteiger partial charge in [0.05, 0.1) is 12.6 Å². The molecule has 0 aliphatic heterocycles. The highest BCUT2D eigenvalue weighted by Crippen LogP contribution is 2.02. The first-order chi connectivity index (χ1) is 18.6. The fraction of sp³-hybridized carbons (Fsp3) is 0.619. The molecule has 0 aliphatic rings. The Morgan fingerprint density at radius 1 is 0.675 bits per heavy atom. The zero-order valence-corrected chi connectivity index (χ0v) is 23.2. The summed E-state index contributed by atoms with van der Waals surface area (Å²) in [5.41, 5.74) is 5.53. The van der Waals surface area contributed by atoms with Gasteiger partial charge in [0.15, 0.2) is 0 Å². The number of aliphatic carboxylic acids is 3. The molecule has 5 atom stereocenters. The third kappa shape index (κ3) is 14.5. The van der Waals surface area contributed by atoms with Crippen LogP contribution in [0.4, 0.5) is 0 Å². The van der Waals surface area contributed by atoms with E-state index in [1.165, 1.54) is 6.92 Å². The second-order valence-electron chi connectivity index (χ2n) is 8.37. The summed E-state index contributed by atoms with van der Waals surface area (Å²) in [5.74, 6) is -8.67. The first-order valence-corrected chi connectivity index (χ1v) is 13.0. The molecule has 5 amide bonds. The highest BCUT2D eigenvalue weighted by molar-refractivity contribution is 7.80. The number of carboxylic acid groups (broad SMARTS) is 3. The molecule has 0 rings (SSSR count). The Kier molecular flexibility index (Phi) is 17.0. The molecule has 0 aromatic rings. The monoisotopic (exact) mass is 610 g/mol. The average Bonchev–Trinajstić information content (AvgIpc) is 2.88. The third-order valence-corrected chi connectivity index (χ3v) is 5.84. The Morgan fingerprint density at radius 3 is 1.60 bits per heavy atom. The summed E-state index contributed by atoms with van der Waals surface area (Å²) in [7, 11) is 0. The Morgan fingerprint density at radius 2 is 1.15 bits per heavy atom. The average molecular weight is 611 g/mol. The van der Waals surface area contributed by atoms with Gasteiger partial charge in [-0.05, 0) is 19.8 Å². The molecular formula is C21H34N6O11S2. The van der Waals surface area contributed by atoms with Crippen LogP contribution in [0, 0.1) is 0 Å². The molecule has 0 saturated carbocycles. The zero-order valence-electron chi connectivity index (χ0n) is 21.4. The molecule has 0 aromatic heterocycles. The van der Waals surface area contributed by atoms with Crippen LogP contribution in [0.1, 0.15) is 32.6 Å². The molecule has 19 heteroatoms. The van der Waals surface area contributed by atoms with Crippen LogP contribution in [0.15, 0.2) is 0 Å². The van der Waals surface area contributed by atoms with E-state index in [1.807, 2.05) is 0 Å². The van der Waals surface area contributed by atoms with Crippen LogP contribution < -0.4 is 32.3 Å². The number of thiol groups is 2. The predicted octanol–water partition coefficient (Wildman–Crippen LogP) is -3.94. The second kappa shape index (κ2) is 18.7. The minimum Gasteiger partial charge on any atom is -0.481 e. The van der Waals surface area contributed by atoms with Crippen LogP contribution in [0.2, 0.25) is 0 Å². The number of carboxylic acids is 3. The van der Waals surface area contributed by atoms with Crippen molar-refractivity contribution >= 4 is 72.7 Å². The molecule has 0 radical (unpaired) electrons. The Balaban J connectivity index is 5.16. The van der Waals surface area contributed by atoms with Gasteiger partial charge in [-0.25, -0.2) is 4.79 Å². The molecule has 40 heavy (non-hydrogen) atoms. The van der Waals surface area contributed by atoms with Gasteiger partial charge in [-0.15, -0.1) is 0 Å². The van der Waals surface area contributed by atoms with Crippen LogP contribution in [0.5, 0.6) is 0 Å². The van der Waals surface area contributed by atoms with Crippen LogP contribution in [-0.4, -0.2) is 111 Å². The van der Waals surface area contributed by atoms with Crippen molar-refractivity contribution in [1.82, 2.24) is 26.6 Å². The van der Waals surface area contributed by atoms with Crippen molar-refractivity contribution in [3.8, 4) is 0 Å². The first-order valence-electron chi connectivity index (χ1n) is 11.7. The van der Waals surface area contributed by atoms with E-state index in [-0.39, 0.29) is 24.3 Å². The van der Waals surface area contributed by atoms with Gasteiger partial charge >= 0.3 is 17.9 Å². The number of rotatable bonds is 19. The Bertz CT molecular complexity index is 967. The molecule has 10 N–H and O–H groups in total. The quantitative estimate of drug-likeness (QED) is 0.0625. The number of carbonyl (C=O) groups is 8. The van der Waals surface area contributed by atoms with E-state index in [9.17, 15) is 38.4 Å². The lowest BCUT2D eigenvalue weighted by molar-refractivity contribution is -0.142. The van der Waals surface area contributed by atoms with Crippen molar-refractivity contribution in [3.05, 3.63) is 0 Å². The van der Waals surface area contributed by atoms with Gasteiger partial charge < -0.3 is 47.6 Å². The fourth-order valence-corrected chi connectivity index (χ4v) is 3.25. The zero-order chi connectivity index (χ0) is 31.0. The normalized spacial score (nSPS) is 14.3. The van der Waals surface area contributed by atoms with E-state index in [1.54, 1.807) is 0 Å². The lowest BCUT2D eigenvalue weighted by Crippen LogP contribution is -2.56. The largest absolute Gasteiger partial charge is 0.481 e. The van der Waals surface area contributed by atoms with Crippen molar-refractivity contribution in [2.45, 2.75) is 62.8 Å². The van der Waals surface area contributed by atoms with Crippen LogP contribution in [0.3, 0.4) is 0 Å². The molecule has 226 valence electrons. The summed E-state index contributed by atoms with van der Waals surface area (Å²) in [6.45, 7) is 0.545. The number of nitrogens with two attached hydrogens (primary N) is 1. The highest BCUT2D eigenvalue weighted by atomic mass is 32.1. The van der Waals surface area contributed by atoms with Gasteiger partial charge in [-0.3, -0.25) is 33.6 Å². The van der Waals surface area contributed by atoms with Gasteiger partial charge in [-0.1, -0.05) is 0 Å². The minimum atomic E-state index is -1.45. The number of carbonyl (C=O) groups excluding carboxylic acids is 5. The van der Waals surface area contributed by atoms with Gasteiger partial charge in [0, 0.05) is 24.3 Å². The molecule has 0 aliphatic carbocycles. The van der Waals surface area contributed by atoms with E-state index in [0.29, 0.717) is 0 Å². The smallest absolute Gasteiger partial charge is 0.327 e. The van der Waals surface area contributed by atoms with Gasteiger partial charge in [-0.2, -0.15) is 25.3 Å². The number of nitrogens with one attached hydrogen (secondary N) is 5. The maximum Gasteiger partial charge on any atom is 0.327 e. The van der Waals surface area contributed by atoms with Crippen LogP contribution in [0.25, 0.3) is 0 Å². The van der Waals surface area contributed by atoms with E-state index in [4.69, 9.17) is 21.1 Å². The Labute approximate surface area is 239 Å². The molecule has 0 saturated heterocycles. The maximum atomic E-state index is 12.5. The summed E-state index contributed by atoms with van der Waals surface area (Å²) in [4.78, 5) is 94.7. The summed E-state index contributed by atoms with van der Waals surface area (Å²) in [6.07, 6.45) is -1.71. The van der Waals surface area contributed by atoms with Gasteiger partial charge in [0.1, 0.15) is 24.2 Å². The number of hydrogen-bond acceptors (Lipinski definition) is 11. The summed E-state index contributed by atoms with van der Waals surface area (Å²) < 4.78 is 0. The summed E-state index contributed by atoms with van der Waals surface area (Å²) in [5, 5.41) is 37.9. The molecule has 17 nitrogen and oxygen atoms in total. The Hall–Kier alpha value is -3.58. The summed E-state index contributed by atoms with van der Waals surface area (Å²) in [6, 6.07) is -6.55. The van der Waals surface area contributed by atoms with Crippen molar-refractivity contribution < 1.29 is 53.7 Å². The lowest BCUT2D eigenvalue weighted by atomic mass is 10.1. The van der Waals surface area contributed by atoms with Crippen LogP contribution in [-0.2, 0) is 38.4 Å². The van der Waals surface area contributed by atoms with Crippen LogP contribution >= 0.6 is 25.3 Å². The highest BCUT2D eigenvalue weighted by Gasteiger charge is 2.29. The molecule has 5 unspecified atom stereocenters. The maximum absolute atomic E-state index is 12.5. The van der Waals surface area contributed by atoms with Crippen molar-refractivity contribution in [2.24, 2.45) is 5.73 Å². The molecular weight excluding hydrogens is 576 g/mol. The lowest BCUT2D eigenvalue weighted by Gasteiger charge is -2.23. The molecule has 0 aromatic carbocycles. The molecule has 0 heterocycles. The summed E-state index contributed by atoms with van der Waals surface area (Å²) >= 11 is 7.68. The SMILES string of the molecule is CC(NC(=O)CNC(=O)C(CCC(=O)O)NC(=O)C(N)CS)C(=O)NC(CCC(=O)O)C(=O)NC(CS)C(=O)O. The number of amides is 5. The molecule has 0 bridgehead atoms. The van der Waals surface area contributed by atoms with Crippen molar-refractivity contribution in [1.29, 1.82) is 0 Å². The first kappa shape index (κ1) is 36.4. The molecule has 0 fully saturated rings. The minimum absolute atomic E-state index is 0.0460.